The van der Waals surface area contributed by atoms with Gasteiger partial charge in [0.2, 0.25) is 0 Å². The molecule has 0 spiro atoms. The van der Waals surface area contributed by atoms with Crippen LogP contribution in [0.2, 0.25) is 13.1 Å². The topological polar surface area (TPSA) is 0 Å². The molecule has 119 valence electrons. The van der Waals surface area contributed by atoms with Crippen molar-refractivity contribution in [3.05, 3.63) is 67.6 Å². The molecule has 4 heteroatoms. The third-order valence-corrected chi connectivity index (χ3v) is 11.4. The number of hydrogen-bond acceptors (Lipinski definition) is 0. The van der Waals surface area contributed by atoms with Gasteiger partial charge in [-0.3, -0.25) is 0 Å². The number of halogens is 2. The van der Waals surface area contributed by atoms with Gasteiger partial charge in [0.1, 0.15) is 0 Å². The number of rotatable bonds is 2. The third kappa shape index (κ3) is 3.13. The Balaban J connectivity index is 2.26. The van der Waals surface area contributed by atoms with Crippen molar-refractivity contribution in [3.8, 4) is 0 Å². The second kappa shape index (κ2) is 7.08. The second-order valence-electron chi connectivity index (χ2n) is 6.49. The van der Waals surface area contributed by atoms with Crippen molar-refractivity contribution in [2.45, 2.75) is 33.4 Å². The first kappa shape index (κ1) is 17.8. The summed E-state index contributed by atoms with van der Waals surface area (Å²) in [5.41, 5.74) is 6.98. The zero-order valence-electron chi connectivity index (χ0n) is 14.0. The van der Waals surface area contributed by atoms with Gasteiger partial charge in [-0.25, -0.2) is 0 Å². The molecule has 3 aliphatic carbocycles. The first-order valence-electron chi connectivity index (χ1n) is 7.99. The van der Waals surface area contributed by atoms with Crippen LogP contribution in [0, 0.1) is 5.92 Å². The molecule has 0 aliphatic heterocycles. The molecule has 0 amide bonds. The van der Waals surface area contributed by atoms with Crippen molar-refractivity contribution in [1.29, 1.82) is 0 Å². The number of fused-ring (bicyclic) bond motifs is 1. The van der Waals surface area contributed by atoms with Crippen LogP contribution in [0.1, 0.15) is 20.3 Å². The summed E-state index contributed by atoms with van der Waals surface area (Å²) in [5.74, 6) is 0.448. The van der Waals surface area contributed by atoms with Crippen LogP contribution in [-0.2, 0) is 19.4 Å². The molecule has 0 aromatic rings. The Bertz CT molecular complexity index is 769. The van der Waals surface area contributed by atoms with Gasteiger partial charge in [0.05, 0.1) is 0 Å². The van der Waals surface area contributed by atoms with E-state index in [-0.39, 0.29) is 0 Å². The average molecular weight is 440 g/mol. The van der Waals surface area contributed by atoms with Crippen molar-refractivity contribution in [2.24, 2.45) is 5.92 Å². The summed E-state index contributed by atoms with van der Waals surface area (Å²) < 4.78 is 1.28. The van der Waals surface area contributed by atoms with Gasteiger partial charge in [-0.2, -0.15) is 0 Å². The van der Waals surface area contributed by atoms with E-state index in [9.17, 15) is 0 Å². The minimum atomic E-state index is -2.51. The van der Waals surface area contributed by atoms with Gasteiger partial charge in [0, 0.05) is 0 Å². The standard InChI is InChI=1S/C19H21Si.2ClH.Zr/c1-13-12-16-10-7-11-17(20(3)4)14(2)19(16)18(13)15-8-5-6-9-15;;;/h5-8,10-11,14H,9H2,1-4H3;2*1H;/q;;;+2/p-2. The minimum absolute atomic E-state index is 0.448. The summed E-state index contributed by atoms with van der Waals surface area (Å²) in [6.07, 6.45) is 14.5. The molecule has 3 aliphatic rings. The Hall–Kier alpha value is -0.0100. The molecule has 0 bridgehead atoms. The second-order valence-corrected chi connectivity index (χ2v) is 17.2. The van der Waals surface area contributed by atoms with Crippen LogP contribution in [-0.4, -0.2) is 13.6 Å². The Morgan fingerprint density at radius 3 is 2.48 bits per heavy atom. The predicted octanol–water partition coefficient (Wildman–Crippen LogP) is 6.02. The van der Waals surface area contributed by atoms with Crippen molar-refractivity contribution < 1.29 is 19.4 Å². The fourth-order valence-corrected chi connectivity index (χ4v) is 10.2. The summed E-state index contributed by atoms with van der Waals surface area (Å²) in [5, 5.41) is 1.59. The number of allylic oxidation sites excluding steroid dienone is 12. The van der Waals surface area contributed by atoms with Gasteiger partial charge >= 0.3 is 157 Å². The van der Waals surface area contributed by atoms with Crippen molar-refractivity contribution in [1.82, 2.24) is 0 Å². The van der Waals surface area contributed by atoms with E-state index in [0.717, 1.165) is 6.42 Å². The van der Waals surface area contributed by atoms with E-state index in [0.29, 0.717) is 5.92 Å². The van der Waals surface area contributed by atoms with Crippen molar-refractivity contribution in [2.75, 3.05) is 0 Å². The molecule has 3 rings (SSSR count). The van der Waals surface area contributed by atoms with Crippen LogP contribution in [0.3, 0.4) is 0 Å². The van der Waals surface area contributed by atoms with E-state index in [1.807, 2.05) is 0 Å². The van der Waals surface area contributed by atoms with Gasteiger partial charge in [-0.05, 0) is 0 Å². The molecule has 0 fully saturated rings. The summed E-state index contributed by atoms with van der Waals surface area (Å²) in [6, 6.07) is 0. The van der Waals surface area contributed by atoms with E-state index in [1.165, 1.54) is 31.1 Å². The molecule has 1 atom stereocenters. The normalized spacial score (nSPS) is 23.2. The average Bonchev–Trinajstić information content (AvgIpc) is 3.04. The Morgan fingerprint density at radius 2 is 1.91 bits per heavy atom. The van der Waals surface area contributed by atoms with Gasteiger partial charge < -0.3 is 0 Å². The van der Waals surface area contributed by atoms with Crippen LogP contribution in [0.15, 0.2) is 67.6 Å². The zero-order valence-corrected chi connectivity index (χ0v) is 19.0. The van der Waals surface area contributed by atoms with Gasteiger partial charge in [0.25, 0.3) is 0 Å². The summed E-state index contributed by atoms with van der Waals surface area (Å²) >= 11 is -2.51. The zero-order chi connectivity index (χ0) is 16.7. The fraction of sp³-hybridized carbons (Fsp3) is 0.316. The van der Waals surface area contributed by atoms with E-state index in [4.69, 9.17) is 17.0 Å². The maximum atomic E-state index is 6.55. The van der Waals surface area contributed by atoms with Crippen LogP contribution >= 0.6 is 17.0 Å². The molecule has 23 heavy (non-hydrogen) atoms. The Morgan fingerprint density at radius 1 is 1.17 bits per heavy atom. The van der Waals surface area contributed by atoms with Gasteiger partial charge in [-0.1, -0.05) is 0 Å². The molecular weight excluding hydrogens is 418 g/mol. The molecule has 0 N–H and O–H groups in total. The third-order valence-electron chi connectivity index (χ3n) is 4.88. The van der Waals surface area contributed by atoms with Gasteiger partial charge in [0.15, 0.2) is 0 Å². The fourth-order valence-electron chi connectivity index (χ4n) is 3.86. The maximum absolute atomic E-state index is 6.55. The first-order chi connectivity index (χ1) is 10.9. The van der Waals surface area contributed by atoms with E-state index in [1.54, 1.807) is 5.17 Å². The molecule has 0 radical (unpaired) electrons. The number of hydrogen-bond donors (Lipinski definition) is 0. The van der Waals surface area contributed by atoms with E-state index >= 15 is 0 Å². The first-order valence-corrected chi connectivity index (χ1v) is 18.1. The molecular formula is C19H21Cl2SiZr. The molecule has 0 heterocycles. The van der Waals surface area contributed by atoms with E-state index < -0.39 is 27.8 Å². The monoisotopic (exact) mass is 437 g/mol. The quantitative estimate of drug-likeness (QED) is 0.461. The summed E-state index contributed by atoms with van der Waals surface area (Å²) in [7, 11) is 12.6. The Kier molecular flexibility index (Phi) is 5.48. The molecule has 0 saturated carbocycles. The molecule has 0 aromatic heterocycles. The molecule has 1 unspecified atom stereocenters. The molecule has 0 nitrogen and oxygen atoms in total. The van der Waals surface area contributed by atoms with Gasteiger partial charge in [-0.15, -0.1) is 0 Å². The predicted molar refractivity (Wildman–Crippen MR) is 102 cm³/mol. The SMILES string of the molecule is CC1=[C]([Zr]([Cl])[Cl])C2=CC=CC(=[Si](C)C)C(C)C2=C1C1=CC=CC1. The van der Waals surface area contributed by atoms with E-state index in [2.05, 4.69) is 63.4 Å². The summed E-state index contributed by atoms with van der Waals surface area (Å²) in [4.78, 5) is 0. The van der Waals surface area contributed by atoms with Crippen LogP contribution in [0.25, 0.3) is 0 Å². The molecule has 0 saturated heterocycles. The Labute approximate surface area is 156 Å². The summed E-state index contributed by atoms with van der Waals surface area (Å²) in [6.45, 7) is 9.33. The molecule has 0 aromatic carbocycles. The van der Waals surface area contributed by atoms with Crippen LogP contribution < -0.4 is 0 Å². The van der Waals surface area contributed by atoms with Crippen molar-refractivity contribution >= 4 is 30.6 Å². The van der Waals surface area contributed by atoms with Crippen LogP contribution in [0.4, 0.5) is 0 Å². The van der Waals surface area contributed by atoms with Crippen LogP contribution in [0.5, 0.6) is 0 Å². The van der Waals surface area contributed by atoms with Crippen molar-refractivity contribution in [3.63, 3.8) is 0 Å².